The van der Waals surface area contributed by atoms with E-state index in [0.29, 0.717) is 6.42 Å². The first kappa shape index (κ1) is 45.6. The molecule has 5 atom stereocenters. The molecule has 1 aliphatic rings. The van der Waals surface area contributed by atoms with Crippen molar-refractivity contribution in [1.29, 1.82) is 0 Å². The second-order valence-electron chi connectivity index (χ2n) is 15.3. The van der Waals surface area contributed by atoms with Gasteiger partial charge in [0.2, 0.25) is 23.5 Å². The summed E-state index contributed by atoms with van der Waals surface area (Å²) in [6, 6.07) is 16.7. The molecule has 0 spiro atoms. The number of carbonyl (C=O) groups is 7. The van der Waals surface area contributed by atoms with Crippen molar-refractivity contribution >= 4 is 41.0 Å². The summed E-state index contributed by atoms with van der Waals surface area (Å²) in [5, 5.41) is 2.47. The Hall–Kier alpha value is -4.75. The highest BCUT2D eigenvalue weighted by atomic mass is 16.5. The maximum atomic E-state index is 14.2. The number of hydrogen-bond acceptors (Lipinski definition) is 10. The van der Waals surface area contributed by atoms with Crippen LogP contribution in [-0.4, -0.2) is 83.9 Å². The van der Waals surface area contributed by atoms with Gasteiger partial charge in [0.25, 0.3) is 0 Å². The van der Waals surface area contributed by atoms with Crippen molar-refractivity contribution in [2.24, 2.45) is 29.4 Å². The third-order valence-electron chi connectivity index (χ3n) is 9.72. The van der Waals surface area contributed by atoms with E-state index >= 15 is 0 Å². The number of hydrogen-bond donors (Lipinski definition) is 2. The van der Waals surface area contributed by atoms with Crippen LogP contribution < -0.4 is 11.1 Å². The zero-order valence-corrected chi connectivity index (χ0v) is 33.4. The molecule has 3 rings (SSSR count). The van der Waals surface area contributed by atoms with E-state index in [-0.39, 0.29) is 88.6 Å². The smallest absolute Gasteiger partial charge is 0.306 e. The summed E-state index contributed by atoms with van der Waals surface area (Å²) in [6.07, 6.45) is -0.769. The van der Waals surface area contributed by atoms with Gasteiger partial charge in [-0.15, -0.1) is 0 Å². The summed E-state index contributed by atoms with van der Waals surface area (Å²) in [5.41, 5.74) is 7.25. The van der Waals surface area contributed by atoms with Crippen LogP contribution in [0.5, 0.6) is 0 Å². The van der Waals surface area contributed by atoms with E-state index in [0.717, 1.165) is 11.1 Å². The molecule has 3 unspecified atom stereocenters. The number of rotatable bonds is 25. The Bertz CT molecular complexity index is 1610. The minimum atomic E-state index is -1.14. The van der Waals surface area contributed by atoms with E-state index < -0.39 is 65.8 Å². The van der Waals surface area contributed by atoms with Gasteiger partial charge < -0.3 is 30.2 Å². The number of Topliss-reactive ketones (excluding diaryl/α,β-unsaturated/α-hetero) is 3. The van der Waals surface area contributed by atoms with E-state index in [1.165, 1.54) is 4.90 Å². The average molecular weight is 778 g/mol. The van der Waals surface area contributed by atoms with Crippen LogP contribution in [0.4, 0.5) is 0 Å². The Morgan fingerprint density at radius 2 is 1.46 bits per heavy atom. The number of ketones is 3. The van der Waals surface area contributed by atoms with Gasteiger partial charge in [-0.25, -0.2) is 0 Å². The summed E-state index contributed by atoms with van der Waals surface area (Å²) in [6.45, 7) is 9.98. The number of benzene rings is 2. The van der Waals surface area contributed by atoms with E-state index in [1.54, 1.807) is 0 Å². The molecule has 3 N–H and O–H groups in total. The topological polar surface area (TPSA) is 188 Å². The zero-order chi connectivity index (χ0) is 41.2. The zero-order valence-electron chi connectivity index (χ0n) is 33.4. The highest BCUT2D eigenvalue weighted by Gasteiger charge is 2.44. The van der Waals surface area contributed by atoms with Crippen molar-refractivity contribution in [3.05, 3.63) is 71.8 Å². The van der Waals surface area contributed by atoms with Crippen molar-refractivity contribution in [3.8, 4) is 0 Å². The molecule has 1 aliphatic heterocycles. The molecule has 2 aromatic rings. The molecule has 56 heavy (non-hydrogen) atoms. The lowest BCUT2D eigenvalue weighted by atomic mass is 9.87. The van der Waals surface area contributed by atoms with Gasteiger partial charge in [-0.1, -0.05) is 102 Å². The molecule has 1 heterocycles. The Kier molecular flexibility index (Phi) is 19.0. The van der Waals surface area contributed by atoms with E-state index in [2.05, 4.69) is 5.32 Å². The van der Waals surface area contributed by atoms with Gasteiger partial charge in [-0.3, -0.25) is 33.6 Å². The maximum Gasteiger partial charge on any atom is 0.306 e. The van der Waals surface area contributed by atoms with Gasteiger partial charge in [0.05, 0.1) is 50.9 Å². The van der Waals surface area contributed by atoms with Gasteiger partial charge >= 0.3 is 5.97 Å². The second-order valence-corrected chi connectivity index (χ2v) is 15.3. The van der Waals surface area contributed by atoms with Crippen LogP contribution in [0.3, 0.4) is 0 Å². The fourth-order valence-electron chi connectivity index (χ4n) is 6.54. The monoisotopic (exact) mass is 777 g/mol. The molecule has 0 aromatic heterocycles. The van der Waals surface area contributed by atoms with Gasteiger partial charge in [-0.2, -0.15) is 0 Å². The molecule has 0 bridgehead atoms. The molecule has 1 saturated heterocycles. The number of esters is 1. The fraction of sp³-hybridized carbons (Fsp3) is 0.558. The Morgan fingerprint density at radius 1 is 0.839 bits per heavy atom. The molecule has 3 amide bonds. The third kappa shape index (κ3) is 15.1. The second kappa shape index (κ2) is 23.3. The minimum Gasteiger partial charge on any atom is -0.465 e. The number of primary amides is 1. The average Bonchev–Trinajstić information content (AvgIpc) is 3.61. The molecular weight excluding hydrogens is 718 g/mol. The molecule has 13 heteroatoms. The van der Waals surface area contributed by atoms with Crippen LogP contribution in [0.2, 0.25) is 0 Å². The molecule has 0 saturated carbocycles. The lowest BCUT2D eigenvalue weighted by Crippen LogP contribution is -2.47. The van der Waals surface area contributed by atoms with Crippen LogP contribution in [0.15, 0.2) is 60.7 Å². The molecule has 0 aliphatic carbocycles. The first-order chi connectivity index (χ1) is 26.7. The number of nitrogens with one attached hydrogen (secondary N) is 1. The molecule has 0 radical (unpaired) electrons. The Morgan fingerprint density at radius 3 is 2.04 bits per heavy atom. The highest BCUT2D eigenvalue weighted by Crippen LogP contribution is 2.30. The summed E-state index contributed by atoms with van der Waals surface area (Å²) >= 11 is 0. The molecule has 1 fully saturated rings. The summed E-state index contributed by atoms with van der Waals surface area (Å²) in [7, 11) is 0. The van der Waals surface area contributed by atoms with Crippen molar-refractivity contribution in [2.45, 2.75) is 111 Å². The quantitative estimate of drug-likeness (QED) is 0.107. The van der Waals surface area contributed by atoms with Gasteiger partial charge in [-0.05, 0) is 29.4 Å². The summed E-state index contributed by atoms with van der Waals surface area (Å²) in [4.78, 5) is 93.8. The van der Waals surface area contributed by atoms with Crippen LogP contribution >= 0.6 is 0 Å². The van der Waals surface area contributed by atoms with Crippen molar-refractivity contribution < 1.29 is 47.8 Å². The molecule has 13 nitrogen and oxygen atoms in total. The number of nitrogens with two attached hydrogens (primary N) is 1. The number of nitrogens with zero attached hydrogens (tertiary/aromatic N) is 1. The van der Waals surface area contributed by atoms with E-state index in [9.17, 15) is 33.6 Å². The highest BCUT2D eigenvalue weighted by molar-refractivity contribution is 6.38. The minimum absolute atomic E-state index is 0.121. The van der Waals surface area contributed by atoms with Gasteiger partial charge in [0, 0.05) is 38.1 Å². The van der Waals surface area contributed by atoms with E-state index in [4.69, 9.17) is 19.9 Å². The first-order valence-corrected chi connectivity index (χ1v) is 19.6. The van der Waals surface area contributed by atoms with Crippen molar-refractivity contribution in [1.82, 2.24) is 10.2 Å². The number of amides is 3. The summed E-state index contributed by atoms with van der Waals surface area (Å²) in [5.74, 6) is -6.12. The lowest BCUT2D eigenvalue weighted by Gasteiger charge is -2.30. The van der Waals surface area contributed by atoms with Crippen molar-refractivity contribution in [3.63, 3.8) is 0 Å². The van der Waals surface area contributed by atoms with Gasteiger partial charge in [0.1, 0.15) is 6.04 Å². The normalized spacial score (nSPS) is 16.9. The number of likely N-dealkylation sites (tertiary alicyclic amines) is 1. The number of ether oxygens (including phenoxy) is 3. The predicted molar refractivity (Wildman–Crippen MR) is 208 cm³/mol. The predicted octanol–water partition coefficient (Wildman–Crippen LogP) is 4.52. The number of carbonyl (C=O) groups excluding carboxylic acids is 7. The first-order valence-electron chi connectivity index (χ1n) is 19.6. The third-order valence-corrected chi connectivity index (χ3v) is 9.72. The van der Waals surface area contributed by atoms with Crippen LogP contribution in [0.25, 0.3) is 0 Å². The lowest BCUT2D eigenvalue weighted by molar-refractivity contribution is -0.152. The van der Waals surface area contributed by atoms with Crippen LogP contribution in [0, 0.1) is 23.7 Å². The van der Waals surface area contributed by atoms with Crippen molar-refractivity contribution in [2.75, 3.05) is 19.8 Å². The maximum absolute atomic E-state index is 14.2. The SMILES string of the molecule is CCCC(CC(=O)[C@@H]1C[C@@H](OCc2ccccc2)CN1C(=O)C(CC(=O)OCC(C)C)C(C)C)C(=O)C(=O)CCC(=O)NC(COCc1ccccc1)C(N)=O. The largest absolute Gasteiger partial charge is 0.465 e. The molecule has 306 valence electrons. The van der Waals surface area contributed by atoms with E-state index in [1.807, 2.05) is 95.3 Å². The standard InChI is InChI=1S/C43H59N3O10/c1-6-13-32(41(51)37(47)18-19-39(49)45-35(42(44)52)27-54-25-30-14-9-7-10-15-30)20-38(48)36-21-33(55-26-31-16-11-8-12-17-31)23-46(36)43(53)34(29(4)5)22-40(50)56-24-28(2)3/h7-12,14-17,28-29,32-36H,6,13,18-27H2,1-5H3,(H2,44,52)(H,45,49)/t32?,33-,34?,35?,36+/m1/s1. The Balaban J connectivity index is 1.67. The van der Waals surface area contributed by atoms with Crippen LogP contribution in [-0.2, 0) is 61.0 Å². The fourth-order valence-corrected chi connectivity index (χ4v) is 6.54. The Labute approximate surface area is 330 Å². The molecule has 2 aromatic carbocycles. The summed E-state index contributed by atoms with van der Waals surface area (Å²) < 4.78 is 17.1. The van der Waals surface area contributed by atoms with Crippen LogP contribution in [0.1, 0.15) is 90.7 Å². The molecular formula is C43H59N3O10. The van der Waals surface area contributed by atoms with Gasteiger partial charge in [0.15, 0.2) is 11.6 Å².